The molecule has 244 valence electrons. The molecule has 2 atom stereocenters. The molecule has 3 aromatic carbocycles. The Hall–Kier alpha value is -4.63. The molecule has 2 unspecified atom stereocenters. The van der Waals surface area contributed by atoms with Crippen LogP contribution in [-0.2, 0) is 11.8 Å². The number of aromatic nitrogens is 2. The fourth-order valence-corrected chi connectivity index (χ4v) is 7.19. The van der Waals surface area contributed by atoms with Crippen molar-refractivity contribution in [3.05, 3.63) is 95.2 Å². The summed E-state index contributed by atoms with van der Waals surface area (Å²) in [4.78, 5) is 28.7. The van der Waals surface area contributed by atoms with Crippen molar-refractivity contribution in [2.45, 2.75) is 77.3 Å². The summed E-state index contributed by atoms with van der Waals surface area (Å²) >= 11 is 0. The first-order chi connectivity index (χ1) is 22.6. The van der Waals surface area contributed by atoms with E-state index in [2.05, 4.69) is 48.4 Å². The first-order valence-corrected chi connectivity index (χ1v) is 16.6. The highest BCUT2D eigenvalue weighted by Crippen LogP contribution is 2.40. The van der Waals surface area contributed by atoms with Crippen molar-refractivity contribution in [2.24, 2.45) is 5.92 Å². The Morgan fingerprint density at radius 1 is 0.872 bits per heavy atom. The van der Waals surface area contributed by atoms with E-state index in [-0.39, 0.29) is 24.0 Å². The van der Waals surface area contributed by atoms with E-state index in [1.807, 2.05) is 67.6 Å². The zero-order valence-corrected chi connectivity index (χ0v) is 27.6. The number of ether oxygens (including phenoxy) is 2. The second-order valence-corrected chi connectivity index (χ2v) is 14.3. The normalized spacial score (nSPS) is 20.3. The van der Waals surface area contributed by atoms with E-state index in [0.717, 1.165) is 54.7 Å². The van der Waals surface area contributed by atoms with E-state index >= 15 is 0 Å². The molecule has 3 aliphatic rings. The number of Topliss-reactive ketones (excluding diaryl/α,β-unsaturated/α-hetero) is 1. The minimum Gasteiger partial charge on any atom is -0.454 e. The van der Waals surface area contributed by atoms with E-state index in [1.165, 1.54) is 5.56 Å². The molecule has 0 spiro atoms. The molecule has 0 radical (unpaired) electrons. The predicted octanol–water partition coefficient (Wildman–Crippen LogP) is 7.52. The van der Waals surface area contributed by atoms with Crippen LogP contribution in [0.25, 0.3) is 5.69 Å². The number of piperidine rings is 1. The van der Waals surface area contributed by atoms with Gasteiger partial charge in [-0.1, -0.05) is 50.6 Å². The van der Waals surface area contributed by atoms with E-state index < -0.39 is 0 Å². The van der Waals surface area contributed by atoms with Crippen LogP contribution in [0, 0.1) is 12.8 Å². The van der Waals surface area contributed by atoms with Gasteiger partial charge < -0.3 is 14.8 Å². The molecule has 0 aliphatic carbocycles. The zero-order chi connectivity index (χ0) is 32.7. The van der Waals surface area contributed by atoms with Gasteiger partial charge in [0.05, 0.1) is 17.9 Å². The highest BCUT2D eigenvalue weighted by Gasteiger charge is 2.41. The van der Waals surface area contributed by atoms with Crippen molar-refractivity contribution < 1.29 is 19.1 Å². The molecule has 2 saturated heterocycles. The Labute approximate surface area is 276 Å². The molecule has 47 heavy (non-hydrogen) atoms. The summed E-state index contributed by atoms with van der Waals surface area (Å²) in [7, 11) is 0. The Bertz CT molecular complexity index is 1760. The van der Waals surface area contributed by atoms with Gasteiger partial charge in [0.15, 0.2) is 17.3 Å². The van der Waals surface area contributed by atoms with Gasteiger partial charge in [0, 0.05) is 34.8 Å². The van der Waals surface area contributed by atoms with Crippen molar-refractivity contribution in [2.75, 3.05) is 24.0 Å². The van der Waals surface area contributed by atoms with Crippen LogP contribution in [0.2, 0.25) is 0 Å². The summed E-state index contributed by atoms with van der Waals surface area (Å²) in [5, 5.41) is 10.8. The zero-order valence-electron chi connectivity index (χ0n) is 27.6. The van der Waals surface area contributed by atoms with E-state index in [9.17, 15) is 9.59 Å². The molecule has 9 nitrogen and oxygen atoms in total. The van der Waals surface area contributed by atoms with Gasteiger partial charge in [-0.05, 0) is 93.0 Å². The number of aryl methyl sites for hydroxylation is 1. The van der Waals surface area contributed by atoms with Crippen LogP contribution < -0.4 is 20.1 Å². The molecule has 2 fully saturated rings. The molecule has 1 aromatic heterocycles. The smallest absolute Gasteiger partial charge is 0.324 e. The predicted molar refractivity (Wildman–Crippen MR) is 183 cm³/mol. The topological polar surface area (TPSA) is 97.7 Å². The maximum atomic E-state index is 13.2. The standard InChI is InChI=1S/C38H43N5O4/c1-24-5-12-29(13-6-24)43-36(21-35(41-43)38(2,3)4)40-37(45)39-28-10-7-25(8-11-28)17-26-18-30-14-15-31(19-26)42(30)22-32(44)27-9-16-33-34(20-27)47-23-46-33/h5-13,16,20-21,26,30-31H,14-15,17-19,22-23H2,1-4H3,(H2,39,40,45). The van der Waals surface area contributed by atoms with Crippen LogP contribution in [0.1, 0.15) is 73.6 Å². The van der Waals surface area contributed by atoms with E-state index in [0.29, 0.717) is 47.4 Å². The lowest BCUT2D eigenvalue weighted by molar-refractivity contribution is 0.0744. The summed E-state index contributed by atoms with van der Waals surface area (Å²) in [6.07, 6.45) is 5.48. The van der Waals surface area contributed by atoms with Crippen molar-refractivity contribution in [1.82, 2.24) is 14.7 Å². The molecular formula is C38H43N5O4. The number of ketones is 1. The van der Waals surface area contributed by atoms with Gasteiger partial charge in [-0.25, -0.2) is 9.48 Å². The number of urea groups is 1. The molecule has 0 saturated carbocycles. The summed E-state index contributed by atoms with van der Waals surface area (Å²) < 4.78 is 12.7. The average molecular weight is 634 g/mol. The number of carbonyl (C=O) groups excluding carboxylic acids is 2. The largest absolute Gasteiger partial charge is 0.454 e. The average Bonchev–Trinajstić information content (AvgIpc) is 3.74. The summed E-state index contributed by atoms with van der Waals surface area (Å²) in [5.41, 5.74) is 5.47. The van der Waals surface area contributed by atoms with E-state index in [4.69, 9.17) is 14.6 Å². The molecule has 4 aromatic rings. The second-order valence-electron chi connectivity index (χ2n) is 14.3. The number of amides is 2. The van der Waals surface area contributed by atoms with Crippen molar-refractivity contribution >= 4 is 23.3 Å². The first-order valence-electron chi connectivity index (χ1n) is 16.6. The highest BCUT2D eigenvalue weighted by atomic mass is 16.7. The maximum absolute atomic E-state index is 13.2. The monoisotopic (exact) mass is 633 g/mol. The van der Waals surface area contributed by atoms with Gasteiger partial charge in [-0.3, -0.25) is 15.0 Å². The molecule has 4 heterocycles. The number of rotatable bonds is 8. The lowest BCUT2D eigenvalue weighted by Crippen LogP contribution is -2.45. The number of benzene rings is 3. The molecule has 7 rings (SSSR count). The number of hydrogen-bond acceptors (Lipinski definition) is 6. The van der Waals surface area contributed by atoms with Gasteiger partial charge in [0.2, 0.25) is 6.79 Å². The third-order valence-corrected chi connectivity index (χ3v) is 9.74. The summed E-state index contributed by atoms with van der Waals surface area (Å²) in [6.45, 7) is 9.04. The lowest BCUT2D eigenvalue weighted by Gasteiger charge is -2.38. The number of fused-ring (bicyclic) bond motifs is 3. The molecular weight excluding hydrogens is 590 g/mol. The van der Waals surface area contributed by atoms with Crippen LogP contribution in [0.5, 0.6) is 11.5 Å². The molecule has 2 bridgehead atoms. The van der Waals surface area contributed by atoms with Gasteiger partial charge >= 0.3 is 6.03 Å². The number of carbonyl (C=O) groups is 2. The fourth-order valence-electron chi connectivity index (χ4n) is 7.19. The number of nitrogens with zero attached hydrogens (tertiary/aromatic N) is 3. The molecule has 2 N–H and O–H groups in total. The summed E-state index contributed by atoms with van der Waals surface area (Å²) in [5.74, 6) is 2.68. The Morgan fingerprint density at radius 3 is 2.28 bits per heavy atom. The van der Waals surface area contributed by atoms with E-state index in [1.54, 1.807) is 4.68 Å². The minimum atomic E-state index is -0.314. The third kappa shape index (κ3) is 6.76. The van der Waals surface area contributed by atoms with Crippen LogP contribution >= 0.6 is 0 Å². The van der Waals surface area contributed by atoms with Crippen molar-refractivity contribution in [1.29, 1.82) is 0 Å². The van der Waals surface area contributed by atoms with Crippen LogP contribution in [-0.4, -0.2) is 51.9 Å². The van der Waals surface area contributed by atoms with Gasteiger partial charge in [-0.2, -0.15) is 5.10 Å². The quantitative estimate of drug-likeness (QED) is 0.195. The van der Waals surface area contributed by atoms with Crippen LogP contribution in [0.3, 0.4) is 0 Å². The summed E-state index contributed by atoms with van der Waals surface area (Å²) in [6, 6.07) is 24.2. The first kappa shape index (κ1) is 31.0. The van der Waals surface area contributed by atoms with Gasteiger partial charge in [0.25, 0.3) is 0 Å². The van der Waals surface area contributed by atoms with Crippen LogP contribution in [0.15, 0.2) is 72.8 Å². The van der Waals surface area contributed by atoms with Crippen molar-refractivity contribution in [3.63, 3.8) is 0 Å². The fraction of sp³-hybridized carbons (Fsp3) is 0.395. The Kier molecular flexibility index (Phi) is 8.26. The maximum Gasteiger partial charge on any atom is 0.324 e. The third-order valence-electron chi connectivity index (χ3n) is 9.74. The molecule has 2 amide bonds. The highest BCUT2D eigenvalue weighted by molar-refractivity contribution is 5.99. The van der Waals surface area contributed by atoms with Gasteiger partial charge in [-0.15, -0.1) is 0 Å². The number of nitrogens with one attached hydrogen (secondary N) is 2. The SMILES string of the molecule is Cc1ccc(-n2nc(C(C)(C)C)cc2NC(=O)Nc2ccc(CC3CC4CCC(C3)N4CC(=O)c3ccc4c(c3)OCO4)cc2)cc1. The van der Waals surface area contributed by atoms with Gasteiger partial charge in [0.1, 0.15) is 5.82 Å². The minimum absolute atomic E-state index is 0.139. The van der Waals surface area contributed by atoms with Crippen molar-refractivity contribution in [3.8, 4) is 17.2 Å². The molecule has 9 heteroatoms. The number of anilines is 2. The molecule has 3 aliphatic heterocycles. The lowest BCUT2D eigenvalue weighted by atomic mass is 9.85. The Balaban J connectivity index is 0.941. The van der Waals surface area contributed by atoms with Crippen LogP contribution in [0.4, 0.5) is 16.3 Å². The number of hydrogen-bond donors (Lipinski definition) is 2. The Morgan fingerprint density at radius 2 is 1.57 bits per heavy atom. The second kappa shape index (κ2) is 12.5.